The van der Waals surface area contributed by atoms with E-state index >= 15 is 0 Å². The number of carbonyl (C=O) groups is 1. The quantitative estimate of drug-likeness (QED) is 0.263. The molecule has 0 aliphatic carbocycles. The maximum absolute atomic E-state index is 10.2. The average Bonchev–Trinajstić information content (AvgIpc) is 2.52. The second-order valence-electron chi connectivity index (χ2n) is 5.68. The molecule has 0 aromatic heterocycles. The van der Waals surface area contributed by atoms with Gasteiger partial charge in [0.1, 0.15) is 0 Å². The van der Waals surface area contributed by atoms with Crippen LogP contribution in [0.4, 0.5) is 0 Å². The molecule has 0 spiro atoms. The van der Waals surface area contributed by atoms with Crippen LogP contribution in [0.3, 0.4) is 0 Å². The molecule has 0 rings (SSSR count). The third-order valence-corrected chi connectivity index (χ3v) is 3.48. The molecule has 23 heavy (non-hydrogen) atoms. The van der Waals surface area contributed by atoms with Crippen LogP contribution < -0.4 is 0 Å². The lowest BCUT2D eigenvalue weighted by Crippen LogP contribution is -2.05. The molecule has 0 bridgehead atoms. The highest BCUT2D eigenvalue weighted by molar-refractivity contribution is 5.80. The largest absolute Gasteiger partial charge is 0.478 e. The zero-order valence-electron chi connectivity index (χ0n) is 14.4. The van der Waals surface area contributed by atoms with Gasteiger partial charge >= 0.3 is 5.97 Å². The number of aliphatic carboxylic acids is 1. The number of hydrogen-bond acceptors (Lipinski definition) is 2. The van der Waals surface area contributed by atoms with Crippen molar-refractivity contribution in [1.29, 1.82) is 0 Å². The van der Waals surface area contributed by atoms with E-state index < -0.39 is 5.97 Å². The van der Waals surface area contributed by atoms with Crippen LogP contribution in [0.1, 0.15) is 64.7 Å². The summed E-state index contributed by atoms with van der Waals surface area (Å²) in [5.41, 5.74) is 0. The lowest BCUT2D eigenvalue weighted by Gasteiger charge is -2.09. The van der Waals surface area contributed by atoms with Gasteiger partial charge in [0.05, 0.1) is 6.10 Å². The molecule has 3 heteroatoms. The van der Waals surface area contributed by atoms with Gasteiger partial charge in [0.25, 0.3) is 0 Å². The molecular formula is C20H32O3. The number of aliphatic hydroxyl groups is 1. The fourth-order valence-electron chi connectivity index (χ4n) is 2.17. The summed E-state index contributed by atoms with van der Waals surface area (Å²) in [6.07, 6.45) is 23.8. The first-order chi connectivity index (χ1) is 11.2. The molecule has 0 saturated heterocycles. The predicted octanol–water partition coefficient (Wildman–Crippen LogP) is 5.19. The standard InChI is InChI=1S/C20H32O3/c1-2-3-4-10-13-16-19(21)17-14-11-8-6-5-7-9-12-15-18-20(22)23/h5-9,12,15,18-19,21H,2-4,10-11,13-14,16-17H2,1H3,(H,22,23)/t19-/m1/s1. The van der Waals surface area contributed by atoms with Crippen molar-refractivity contribution in [2.24, 2.45) is 0 Å². The number of unbranched alkanes of at least 4 members (excludes halogenated alkanes) is 5. The van der Waals surface area contributed by atoms with Crippen LogP contribution in [0, 0.1) is 0 Å². The van der Waals surface area contributed by atoms with Gasteiger partial charge in [-0.25, -0.2) is 4.79 Å². The van der Waals surface area contributed by atoms with Gasteiger partial charge in [-0.05, 0) is 25.7 Å². The molecule has 130 valence electrons. The lowest BCUT2D eigenvalue weighted by molar-refractivity contribution is -0.131. The number of rotatable bonds is 14. The number of carboxylic acids is 1. The normalized spacial score (nSPS) is 13.8. The topological polar surface area (TPSA) is 57.5 Å². The van der Waals surface area contributed by atoms with Gasteiger partial charge < -0.3 is 10.2 Å². The Morgan fingerprint density at radius 1 is 0.870 bits per heavy atom. The number of allylic oxidation sites excluding steroid dienone is 7. The number of aliphatic hydroxyl groups excluding tert-OH is 1. The summed E-state index contributed by atoms with van der Waals surface area (Å²) in [5, 5.41) is 18.3. The Balaban J connectivity index is 3.53. The Kier molecular flexibility index (Phi) is 15.6. The summed E-state index contributed by atoms with van der Waals surface area (Å²) in [4.78, 5) is 10.2. The molecule has 0 saturated carbocycles. The molecule has 0 fully saturated rings. The first-order valence-electron chi connectivity index (χ1n) is 8.74. The molecule has 0 aliphatic heterocycles. The Hall–Kier alpha value is -1.61. The Morgan fingerprint density at radius 2 is 1.48 bits per heavy atom. The van der Waals surface area contributed by atoms with E-state index in [0.29, 0.717) is 0 Å². The third-order valence-electron chi connectivity index (χ3n) is 3.48. The van der Waals surface area contributed by atoms with Crippen LogP contribution in [0.25, 0.3) is 0 Å². The van der Waals surface area contributed by atoms with E-state index in [1.165, 1.54) is 31.8 Å². The fraction of sp³-hybridized carbons (Fsp3) is 0.550. The highest BCUT2D eigenvalue weighted by Gasteiger charge is 2.02. The van der Waals surface area contributed by atoms with Crippen LogP contribution in [-0.4, -0.2) is 22.3 Å². The molecule has 3 nitrogen and oxygen atoms in total. The molecule has 0 aromatic carbocycles. The van der Waals surface area contributed by atoms with Crippen molar-refractivity contribution >= 4 is 5.97 Å². The Morgan fingerprint density at radius 3 is 2.17 bits per heavy atom. The van der Waals surface area contributed by atoms with Crippen molar-refractivity contribution in [3.63, 3.8) is 0 Å². The van der Waals surface area contributed by atoms with E-state index in [-0.39, 0.29) is 6.10 Å². The average molecular weight is 320 g/mol. The van der Waals surface area contributed by atoms with Crippen molar-refractivity contribution in [3.8, 4) is 0 Å². The summed E-state index contributed by atoms with van der Waals surface area (Å²) < 4.78 is 0. The van der Waals surface area contributed by atoms with Crippen molar-refractivity contribution in [2.75, 3.05) is 0 Å². The van der Waals surface area contributed by atoms with Crippen LogP contribution >= 0.6 is 0 Å². The first-order valence-corrected chi connectivity index (χ1v) is 8.74. The maximum Gasteiger partial charge on any atom is 0.328 e. The monoisotopic (exact) mass is 320 g/mol. The van der Waals surface area contributed by atoms with Crippen LogP contribution in [0.15, 0.2) is 48.6 Å². The summed E-state index contributed by atoms with van der Waals surface area (Å²) in [7, 11) is 0. The van der Waals surface area contributed by atoms with Gasteiger partial charge in [0.15, 0.2) is 0 Å². The van der Waals surface area contributed by atoms with E-state index in [2.05, 4.69) is 13.0 Å². The van der Waals surface area contributed by atoms with Crippen molar-refractivity contribution in [2.45, 2.75) is 70.8 Å². The van der Waals surface area contributed by atoms with Crippen LogP contribution in [0.5, 0.6) is 0 Å². The second-order valence-corrected chi connectivity index (χ2v) is 5.68. The van der Waals surface area contributed by atoms with E-state index in [4.69, 9.17) is 5.11 Å². The molecule has 2 N–H and O–H groups in total. The van der Waals surface area contributed by atoms with E-state index in [1.54, 1.807) is 12.2 Å². The Bertz CT molecular complexity index is 392. The number of hydrogen-bond donors (Lipinski definition) is 2. The second kappa shape index (κ2) is 16.8. The summed E-state index contributed by atoms with van der Waals surface area (Å²) in [6, 6.07) is 0. The van der Waals surface area contributed by atoms with Gasteiger partial charge in [-0.15, -0.1) is 0 Å². The predicted molar refractivity (Wildman–Crippen MR) is 97.4 cm³/mol. The van der Waals surface area contributed by atoms with Crippen LogP contribution in [0.2, 0.25) is 0 Å². The van der Waals surface area contributed by atoms with E-state index in [0.717, 1.165) is 38.2 Å². The summed E-state index contributed by atoms with van der Waals surface area (Å²) in [6.45, 7) is 2.21. The summed E-state index contributed by atoms with van der Waals surface area (Å²) >= 11 is 0. The zero-order chi connectivity index (χ0) is 17.2. The smallest absolute Gasteiger partial charge is 0.328 e. The molecule has 0 aromatic rings. The van der Waals surface area contributed by atoms with Gasteiger partial charge in [-0.1, -0.05) is 81.6 Å². The van der Waals surface area contributed by atoms with Crippen molar-refractivity contribution in [1.82, 2.24) is 0 Å². The zero-order valence-corrected chi connectivity index (χ0v) is 14.4. The SMILES string of the molecule is CCCCCCC[C@@H](O)CCCC=CC=CC=CC=CC(=O)O. The molecule has 1 atom stereocenters. The molecule has 0 unspecified atom stereocenters. The molecule has 0 aliphatic rings. The molecule has 0 amide bonds. The summed E-state index contributed by atoms with van der Waals surface area (Å²) in [5.74, 6) is -0.943. The van der Waals surface area contributed by atoms with Crippen molar-refractivity contribution < 1.29 is 15.0 Å². The van der Waals surface area contributed by atoms with Gasteiger partial charge in [-0.3, -0.25) is 0 Å². The minimum atomic E-state index is -0.943. The Labute approximate surface area is 141 Å². The van der Waals surface area contributed by atoms with Gasteiger partial charge in [0.2, 0.25) is 0 Å². The third kappa shape index (κ3) is 18.3. The van der Waals surface area contributed by atoms with Gasteiger partial charge in [0, 0.05) is 6.08 Å². The van der Waals surface area contributed by atoms with E-state index in [1.807, 2.05) is 18.2 Å². The fourth-order valence-corrected chi connectivity index (χ4v) is 2.17. The molecule has 0 heterocycles. The van der Waals surface area contributed by atoms with Crippen molar-refractivity contribution in [3.05, 3.63) is 48.6 Å². The van der Waals surface area contributed by atoms with Crippen LogP contribution in [-0.2, 0) is 4.79 Å². The first kappa shape index (κ1) is 21.4. The highest BCUT2D eigenvalue weighted by atomic mass is 16.4. The van der Waals surface area contributed by atoms with Gasteiger partial charge in [-0.2, -0.15) is 0 Å². The highest BCUT2D eigenvalue weighted by Crippen LogP contribution is 2.11. The lowest BCUT2D eigenvalue weighted by atomic mass is 10.0. The maximum atomic E-state index is 10.2. The minimum absolute atomic E-state index is 0.149. The minimum Gasteiger partial charge on any atom is -0.478 e. The molecular weight excluding hydrogens is 288 g/mol. The number of carboxylic acid groups (broad SMARTS) is 1. The molecule has 0 radical (unpaired) electrons. The van der Waals surface area contributed by atoms with E-state index in [9.17, 15) is 9.90 Å².